The maximum absolute atomic E-state index is 13.8. The van der Waals surface area contributed by atoms with E-state index in [2.05, 4.69) is 5.10 Å². The summed E-state index contributed by atoms with van der Waals surface area (Å²) in [6.07, 6.45) is 3.10. The zero-order chi connectivity index (χ0) is 23.5. The van der Waals surface area contributed by atoms with Gasteiger partial charge in [0.15, 0.2) is 17.3 Å². The lowest BCUT2D eigenvalue weighted by atomic mass is 9.87. The molecule has 0 spiro atoms. The number of aryl methyl sites for hydroxylation is 1. The summed E-state index contributed by atoms with van der Waals surface area (Å²) in [4.78, 5) is 13.8. The Hall–Kier alpha value is -3.48. The van der Waals surface area contributed by atoms with Crippen LogP contribution >= 0.6 is 0 Å². The van der Waals surface area contributed by atoms with Gasteiger partial charge in [0, 0.05) is 24.9 Å². The number of rotatable bonds is 10. The smallest absolute Gasteiger partial charge is 0.184 e. The summed E-state index contributed by atoms with van der Waals surface area (Å²) in [6.45, 7) is 0. The van der Waals surface area contributed by atoms with Crippen molar-refractivity contribution in [3.8, 4) is 23.0 Å². The fourth-order valence-electron chi connectivity index (χ4n) is 4.28. The van der Waals surface area contributed by atoms with Crippen molar-refractivity contribution >= 4 is 5.78 Å². The molecule has 0 saturated heterocycles. The van der Waals surface area contributed by atoms with E-state index in [0.717, 1.165) is 29.7 Å². The Kier molecular flexibility index (Phi) is 6.58. The topological polar surface area (TPSA) is 82.8 Å². The highest BCUT2D eigenvalue weighted by atomic mass is 16.5. The van der Waals surface area contributed by atoms with Crippen LogP contribution in [0.5, 0.6) is 23.0 Å². The first-order valence-corrected chi connectivity index (χ1v) is 11.1. The van der Waals surface area contributed by atoms with E-state index in [1.807, 2.05) is 37.4 Å². The molecular formula is C26H30N2O5. The molecule has 0 radical (unpaired) electrons. The van der Waals surface area contributed by atoms with Gasteiger partial charge in [-0.3, -0.25) is 9.48 Å². The third kappa shape index (κ3) is 4.82. The van der Waals surface area contributed by atoms with Crippen molar-refractivity contribution in [2.75, 3.05) is 21.3 Å². The van der Waals surface area contributed by atoms with Crippen LogP contribution in [0.15, 0.2) is 42.5 Å². The molecule has 1 atom stereocenters. The van der Waals surface area contributed by atoms with Gasteiger partial charge in [-0.1, -0.05) is 18.2 Å². The molecular weight excluding hydrogens is 420 g/mol. The van der Waals surface area contributed by atoms with Crippen LogP contribution in [0.1, 0.15) is 46.1 Å². The van der Waals surface area contributed by atoms with E-state index >= 15 is 0 Å². The SMILES string of the molecule is COc1ccc(CC(Cc2cccc(O)c2OC)C(=O)c2cc(C3CC3)nn2C)c(OC)c1. The van der Waals surface area contributed by atoms with E-state index in [0.29, 0.717) is 41.7 Å². The Morgan fingerprint density at radius 2 is 1.82 bits per heavy atom. The number of ether oxygens (including phenoxy) is 3. The second-order valence-corrected chi connectivity index (χ2v) is 8.47. The quantitative estimate of drug-likeness (QED) is 0.464. The predicted octanol–water partition coefficient (Wildman–Crippen LogP) is 4.31. The number of hydrogen-bond acceptors (Lipinski definition) is 6. The number of phenols is 1. The number of phenolic OH excluding ortho intramolecular Hbond substituents is 1. The molecule has 4 rings (SSSR count). The van der Waals surface area contributed by atoms with Gasteiger partial charge in [-0.15, -0.1) is 0 Å². The number of aromatic nitrogens is 2. The molecule has 7 nitrogen and oxygen atoms in total. The fraction of sp³-hybridized carbons (Fsp3) is 0.385. The highest BCUT2D eigenvalue weighted by Gasteiger charge is 2.31. The van der Waals surface area contributed by atoms with Crippen LogP contribution in [-0.2, 0) is 19.9 Å². The molecule has 1 aromatic heterocycles. The van der Waals surface area contributed by atoms with Crippen LogP contribution < -0.4 is 14.2 Å². The number of para-hydroxylation sites is 1. The molecule has 1 saturated carbocycles. The van der Waals surface area contributed by atoms with Crippen molar-refractivity contribution in [2.24, 2.45) is 13.0 Å². The Morgan fingerprint density at radius 3 is 2.48 bits per heavy atom. The molecule has 1 aliphatic rings. The van der Waals surface area contributed by atoms with Crippen molar-refractivity contribution in [2.45, 2.75) is 31.6 Å². The predicted molar refractivity (Wildman–Crippen MR) is 125 cm³/mol. The van der Waals surface area contributed by atoms with E-state index in [-0.39, 0.29) is 11.5 Å². The first kappa shape index (κ1) is 22.7. The van der Waals surface area contributed by atoms with Crippen LogP contribution in [0.3, 0.4) is 0 Å². The summed E-state index contributed by atoms with van der Waals surface area (Å²) in [6, 6.07) is 12.8. The molecule has 0 aliphatic heterocycles. The first-order valence-electron chi connectivity index (χ1n) is 11.1. The van der Waals surface area contributed by atoms with Gasteiger partial charge in [0.25, 0.3) is 0 Å². The molecule has 1 heterocycles. The minimum atomic E-state index is -0.412. The van der Waals surface area contributed by atoms with Gasteiger partial charge in [0.05, 0.1) is 27.0 Å². The number of aromatic hydroxyl groups is 1. The summed E-state index contributed by atoms with van der Waals surface area (Å²) in [5.41, 5.74) is 3.25. The van der Waals surface area contributed by atoms with Crippen molar-refractivity contribution in [1.82, 2.24) is 9.78 Å². The number of hydrogen-bond donors (Lipinski definition) is 1. The standard InChI is InChI=1S/C26H30N2O5/c1-28-22(15-21(27-28)16-8-9-16)25(30)19(13-18-6-5-7-23(29)26(18)33-4)12-17-10-11-20(31-2)14-24(17)32-3/h5-7,10-11,14-16,19,29H,8-9,12-13H2,1-4H3. The maximum Gasteiger partial charge on any atom is 0.184 e. The Labute approximate surface area is 193 Å². The molecule has 1 N–H and O–H groups in total. The normalized spacial score (nSPS) is 14.1. The minimum Gasteiger partial charge on any atom is -0.504 e. The monoisotopic (exact) mass is 450 g/mol. The largest absolute Gasteiger partial charge is 0.504 e. The van der Waals surface area contributed by atoms with Crippen molar-refractivity contribution in [3.63, 3.8) is 0 Å². The molecule has 174 valence electrons. The van der Waals surface area contributed by atoms with Gasteiger partial charge in [-0.2, -0.15) is 5.10 Å². The highest BCUT2D eigenvalue weighted by molar-refractivity contribution is 5.97. The van der Waals surface area contributed by atoms with Crippen molar-refractivity contribution in [1.29, 1.82) is 0 Å². The van der Waals surface area contributed by atoms with E-state index in [4.69, 9.17) is 14.2 Å². The second-order valence-electron chi connectivity index (χ2n) is 8.47. The van der Waals surface area contributed by atoms with Crippen LogP contribution in [0.2, 0.25) is 0 Å². The van der Waals surface area contributed by atoms with Gasteiger partial charge in [0.2, 0.25) is 0 Å². The van der Waals surface area contributed by atoms with E-state index in [1.54, 1.807) is 31.0 Å². The van der Waals surface area contributed by atoms with Crippen molar-refractivity contribution < 1.29 is 24.1 Å². The summed E-state index contributed by atoms with van der Waals surface area (Å²) >= 11 is 0. The van der Waals surface area contributed by atoms with Gasteiger partial charge in [0.1, 0.15) is 17.2 Å². The summed E-state index contributed by atoms with van der Waals surface area (Å²) in [5.74, 6) is 1.85. The number of carbonyl (C=O) groups is 1. The molecule has 0 amide bonds. The number of benzene rings is 2. The molecule has 7 heteroatoms. The number of ketones is 1. The average Bonchev–Trinajstić information content (AvgIpc) is 3.60. The van der Waals surface area contributed by atoms with Crippen LogP contribution in [0.4, 0.5) is 0 Å². The minimum absolute atomic E-state index is 0.000155. The van der Waals surface area contributed by atoms with Gasteiger partial charge < -0.3 is 19.3 Å². The molecule has 2 aromatic carbocycles. The lowest BCUT2D eigenvalue weighted by Gasteiger charge is -2.20. The van der Waals surface area contributed by atoms with E-state index < -0.39 is 5.92 Å². The lowest BCUT2D eigenvalue weighted by Crippen LogP contribution is -2.23. The lowest BCUT2D eigenvalue weighted by molar-refractivity contribution is 0.0907. The number of carbonyl (C=O) groups excluding carboxylic acids is 1. The zero-order valence-corrected chi connectivity index (χ0v) is 19.5. The zero-order valence-electron chi connectivity index (χ0n) is 19.5. The molecule has 1 aliphatic carbocycles. The third-order valence-corrected chi connectivity index (χ3v) is 6.22. The van der Waals surface area contributed by atoms with Gasteiger partial charge in [-0.05, 0) is 55.0 Å². The fourth-order valence-corrected chi connectivity index (χ4v) is 4.28. The number of methoxy groups -OCH3 is 3. The molecule has 0 bridgehead atoms. The number of Topliss-reactive ketones (excluding diaryl/α,β-unsaturated/α-hetero) is 1. The van der Waals surface area contributed by atoms with Gasteiger partial charge >= 0.3 is 0 Å². The van der Waals surface area contributed by atoms with E-state index in [9.17, 15) is 9.90 Å². The van der Waals surface area contributed by atoms with E-state index in [1.165, 1.54) is 7.11 Å². The molecule has 1 fully saturated rings. The summed E-state index contributed by atoms with van der Waals surface area (Å²) < 4.78 is 18.0. The van der Waals surface area contributed by atoms with Crippen molar-refractivity contribution in [3.05, 3.63) is 65.0 Å². The third-order valence-electron chi connectivity index (χ3n) is 6.22. The second kappa shape index (κ2) is 9.57. The Balaban J connectivity index is 1.71. The Morgan fingerprint density at radius 1 is 1.06 bits per heavy atom. The maximum atomic E-state index is 13.8. The molecule has 33 heavy (non-hydrogen) atoms. The van der Waals surface area contributed by atoms with Crippen LogP contribution in [-0.4, -0.2) is 42.0 Å². The summed E-state index contributed by atoms with van der Waals surface area (Å²) in [7, 11) is 6.55. The average molecular weight is 451 g/mol. The first-order chi connectivity index (χ1) is 15.9. The molecule has 3 aromatic rings. The van der Waals surface area contributed by atoms with Gasteiger partial charge in [-0.25, -0.2) is 0 Å². The van der Waals surface area contributed by atoms with Crippen LogP contribution in [0.25, 0.3) is 0 Å². The van der Waals surface area contributed by atoms with Crippen LogP contribution in [0, 0.1) is 5.92 Å². The summed E-state index contributed by atoms with van der Waals surface area (Å²) in [5, 5.41) is 14.8. The molecule has 1 unspecified atom stereocenters. The number of nitrogens with zero attached hydrogens (tertiary/aromatic N) is 2. The Bertz CT molecular complexity index is 1150. The highest BCUT2D eigenvalue weighted by Crippen LogP contribution is 2.40.